The van der Waals surface area contributed by atoms with Crippen molar-refractivity contribution in [2.24, 2.45) is 0 Å². The quantitative estimate of drug-likeness (QED) is 0.196. The average Bonchev–Trinajstić information content (AvgIpc) is 3.05. The fourth-order valence-electron chi connectivity index (χ4n) is 3.07. The maximum atomic E-state index is 12.8. The lowest BCUT2D eigenvalue weighted by atomic mass is 10.1. The highest BCUT2D eigenvalue weighted by Gasteiger charge is 2.31. The van der Waals surface area contributed by atoms with Gasteiger partial charge in [0.15, 0.2) is 11.5 Å². The van der Waals surface area contributed by atoms with E-state index < -0.39 is 0 Å². The molecule has 2 aromatic rings. The van der Waals surface area contributed by atoms with Crippen LogP contribution in [0.3, 0.4) is 0 Å². The number of hydrogen-bond acceptors (Lipinski definition) is 7. The van der Waals surface area contributed by atoms with Gasteiger partial charge in [0, 0.05) is 17.4 Å². The predicted molar refractivity (Wildman–Crippen MR) is 140 cm³/mol. The number of rotatable bonds is 9. The van der Waals surface area contributed by atoms with Crippen LogP contribution < -0.4 is 9.47 Å². The molecule has 3 rings (SSSR count). The van der Waals surface area contributed by atoms with Gasteiger partial charge in [0.25, 0.3) is 5.91 Å². The third kappa shape index (κ3) is 6.81. The van der Waals surface area contributed by atoms with E-state index in [2.05, 4.69) is 36.6 Å². The second-order valence-corrected chi connectivity index (χ2v) is 10.4. The predicted octanol–water partition coefficient (Wildman–Crippen LogP) is 5.95. The minimum absolute atomic E-state index is 0.181. The van der Waals surface area contributed by atoms with Gasteiger partial charge < -0.3 is 14.2 Å². The van der Waals surface area contributed by atoms with Crippen LogP contribution in [-0.2, 0) is 20.9 Å². The highest BCUT2D eigenvalue weighted by atomic mass is 79.9. The van der Waals surface area contributed by atoms with Crippen molar-refractivity contribution in [3.63, 3.8) is 0 Å². The van der Waals surface area contributed by atoms with Gasteiger partial charge in [0.05, 0.1) is 23.6 Å². The van der Waals surface area contributed by atoms with Gasteiger partial charge in [-0.25, -0.2) is 0 Å². The molecule has 0 unspecified atom stereocenters. The molecule has 10 heteroatoms. The molecule has 6 nitrogen and oxygen atoms in total. The minimum Gasteiger partial charge on any atom is -0.493 e. The number of thioether (sulfide) groups is 1. The molecule has 174 valence electrons. The number of esters is 1. The van der Waals surface area contributed by atoms with Crippen molar-refractivity contribution in [3.05, 3.63) is 61.4 Å². The molecule has 0 N–H and O–H groups in total. The van der Waals surface area contributed by atoms with Crippen molar-refractivity contribution in [1.29, 1.82) is 0 Å². The third-order valence-corrected chi connectivity index (χ3v) is 7.15. The smallest absolute Gasteiger partial charge is 0.305 e. The Labute approximate surface area is 218 Å². The molecule has 0 radical (unpaired) electrons. The lowest BCUT2D eigenvalue weighted by molar-refractivity contribution is -0.141. The summed E-state index contributed by atoms with van der Waals surface area (Å²) in [4.78, 5) is 26.2. The molecule has 33 heavy (non-hydrogen) atoms. The van der Waals surface area contributed by atoms with E-state index in [4.69, 9.17) is 21.7 Å². The van der Waals surface area contributed by atoms with Gasteiger partial charge in [0.2, 0.25) is 0 Å². The van der Waals surface area contributed by atoms with Crippen molar-refractivity contribution in [3.8, 4) is 11.5 Å². The lowest BCUT2D eigenvalue weighted by Crippen LogP contribution is -2.29. The first-order valence-electron chi connectivity index (χ1n) is 9.89. The number of ether oxygens (including phenoxy) is 3. The number of halogens is 2. The summed E-state index contributed by atoms with van der Waals surface area (Å²) in [6.45, 7) is 0.741. The van der Waals surface area contributed by atoms with Gasteiger partial charge in [-0.1, -0.05) is 52.0 Å². The molecule has 0 bridgehead atoms. The first kappa shape index (κ1) is 25.7. The first-order chi connectivity index (χ1) is 15.8. The summed E-state index contributed by atoms with van der Waals surface area (Å²) in [5, 5.41) is 0. The number of nitrogens with zero attached hydrogens (tertiary/aromatic N) is 1. The second kappa shape index (κ2) is 12.0. The molecule has 0 aliphatic carbocycles. The standard InChI is InChI=1S/C23H21Br2NO5S2/c1-29-18-11-15(10-17(25)21(18)31-13-14-5-3-6-16(24)9-14)12-19-22(28)26(23(32)33-19)8-4-7-20(27)30-2/h3,5-6,9-12H,4,7-8,13H2,1-2H3/b19-12+. The fraction of sp³-hybridized carbons (Fsp3) is 0.261. The number of carbonyl (C=O) groups is 2. The number of thiocarbonyl (C=S) groups is 1. The van der Waals surface area contributed by atoms with Gasteiger partial charge in [0.1, 0.15) is 10.9 Å². The van der Waals surface area contributed by atoms with Crippen LogP contribution >= 0.6 is 55.8 Å². The number of carbonyl (C=O) groups excluding carboxylic acids is 2. The molecule has 1 heterocycles. The van der Waals surface area contributed by atoms with Crippen LogP contribution in [0.1, 0.15) is 24.0 Å². The Hall–Kier alpha value is -1.88. The van der Waals surface area contributed by atoms with Crippen LogP contribution in [0.2, 0.25) is 0 Å². The molecule has 1 aliphatic rings. The largest absolute Gasteiger partial charge is 0.493 e. The van der Waals surface area contributed by atoms with Crippen LogP contribution in [0, 0.1) is 0 Å². The van der Waals surface area contributed by atoms with Crippen molar-refractivity contribution in [2.75, 3.05) is 20.8 Å². The monoisotopic (exact) mass is 613 g/mol. The molecule has 1 amide bonds. The summed E-state index contributed by atoms with van der Waals surface area (Å²) in [5.74, 6) is 0.624. The topological polar surface area (TPSA) is 65.1 Å². The number of amides is 1. The Morgan fingerprint density at radius 2 is 2.00 bits per heavy atom. The maximum absolute atomic E-state index is 12.8. The fourth-order valence-corrected chi connectivity index (χ4v) is 5.40. The van der Waals surface area contributed by atoms with Gasteiger partial charge in [-0.05, 0) is 63.8 Å². The molecule has 2 aromatic carbocycles. The van der Waals surface area contributed by atoms with Gasteiger partial charge in [-0.2, -0.15) is 0 Å². The Kier molecular flexibility index (Phi) is 9.37. The summed E-state index contributed by atoms with van der Waals surface area (Å²) in [6.07, 6.45) is 2.49. The summed E-state index contributed by atoms with van der Waals surface area (Å²) in [7, 11) is 2.91. The van der Waals surface area contributed by atoms with E-state index in [1.54, 1.807) is 13.2 Å². The Bertz CT molecular complexity index is 1110. The number of benzene rings is 2. The van der Waals surface area contributed by atoms with Crippen LogP contribution in [-0.4, -0.2) is 41.9 Å². The van der Waals surface area contributed by atoms with E-state index in [1.165, 1.54) is 23.8 Å². The number of methoxy groups -OCH3 is 2. The van der Waals surface area contributed by atoms with E-state index >= 15 is 0 Å². The summed E-state index contributed by atoms with van der Waals surface area (Å²) in [6, 6.07) is 11.5. The van der Waals surface area contributed by atoms with Gasteiger partial charge in [-0.15, -0.1) is 0 Å². The van der Waals surface area contributed by atoms with E-state index in [1.807, 2.05) is 36.4 Å². The zero-order valence-corrected chi connectivity index (χ0v) is 22.7. The molecule has 0 atom stereocenters. The molecule has 0 spiro atoms. The highest BCUT2D eigenvalue weighted by Crippen LogP contribution is 2.39. The molecule has 1 saturated heterocycles. The first-order valence-corrected chi connectivity index (χ1v) is 12.7. The molecule has 1 fully saturated rings. The average molecular weight is 615 g/mol. The van der Waals surface area contributed by atoms with Crippen LogP contribution in [0.15, 0.2) is 50.2 Å². The van der Waals surface area contributed by atoms with E-state index in [0.717, 1.165) is 15.6 Å². The normalized spacial score (nSPS) is 14.7. The van der Waals surface area contributed by atoms with Gasteiger partial charge in [-0.3, -0.25) is 14.5 Å². The number of hydrogen-bond donors (Lipinski definition) is 0. The Morgan fingerprint density at radius 1 is 1.21 bits per heavy atom. The molecule has 1 aliphatic heterocycles. The van der Waals surface area contributed by atoms with Crippen LogP contribution in [0.5, 0.6) is 11.5 Å². The zero-order chi connectivity index (χ0) is 24.0. The van der Waals surface area contributed by atoms with Crippen molar-refractivity contribution in [1.82, 2.24) is 4.90 Å². The molecular formula is C23H21Br2NO5S2. The molecule has 0 aromatic heterocycles. The Morgan fingerprint density at radius 3 is 2.70 bits per heavy atom. The molecule has 0 saturated carbocycles. The summed E-state index contributed by atoms with van der Waals surface area (Å²) in [5.41, 5.74) is 1.78. The van der Waals surface area contributed by atoms with Crippen molar-refractivity contribution >= 4 is 78.1 Å². The highest BCUT2D eigenvalue weighted by molar-refractivity contribution is 9.10. The van der Waals surface area contributed by atoms with Crippen LogP contribution in [0.4, 0.5) is 0 Å². The summed E-state index contributed by atoms with van der Waals surface area (Å²) >= 11 is 13.6. The van der Waals surface area contributed by atoms with Gasteiger partial charge >= 0.3 is 5.97 Å². The van der Waals surface area contributed by atoms with E-state index in [9.17, 15) is 9.59 Å². The molecular weight excluding hydrogens is 594 g/mol. The summed E-state index contributed by atoms with van der Waals surface area (Å²) < 4.78 is 18.3. The third-order valence-electron chi connectivity index (χ3n) is 4.69. The van der Waals surface area contributed by atoms with Crippen molar-refractivity contribution < 1.29 is 23.8 Å². The van der Waals surface area contributed by atoms with E-state index in [-0.39, 0.29) is 18.3 Å². The SMILES string of the molecule is COC(=O)CCCN1C(=O)/C(=C\c2cc(Br)c(OCc3cccc(Br)c3)c(OC)c2)SC1=S. The Balaban J connectivity index is 1.74. The minimum atomic E-state index is -0.310. The van der Waals surface area contributed by atoms with Crippen LogP contribution in [0.25, 0.3) is 6.08 Å². The second-order valence-electron chi connectivity index (χ2n) is 6.97. The zero-order valence-electron chi connectivity index (χ0n) is 17.9. The van der Waals surface area contributed by atoms with E-state index in [0.29, 0.717) is 44.8 Å². The lowest BCUT2D eigenvalue weighted by Gasteiger charge is -2.14. The maximum Gasteiger partial charge on any atom is 0.305 e. The van der Waals surface area contributed by atoms with Crippen molar-refractivity contribution in [2.45, 2.75) is 19.4 Å².